The molecule has 2 heterocycles. The van der Waals surface area contributed by atoms with Gasteiger partial charge >= 0.3 is 0 Å². The van der Waals surface area contributed by atoms with Crippen molar-refractivity contribution in [2.75, 3.05) is 26.3 Å². The van der Waals surface area contributed by atoms with Crippen molar-refractivity contribution in [1.82, 2.24) is 14.5 Å². The summed E-state index contributed by atoms with van der Waals surface area (Å²) in [6.07, 6.45) is 3.07. The highest BCUT2D eigenvalue weighted by molar-refractivity contribution is 7.71. The Bertz CT molecular complexity index is 881. The Hall–Kier alpha value is -1.99. The molecule has 0 radical (unpaired) electrons. The molecule has 25 heavy (non-hydrogen) atoms. The van der Waals surface area contributed by atoms with Gasteiger partial charge in [-0.2, -0.15) is 0 Å². The lowest BCUT2D eigenvalue weighted by molar-refractivity contribution is 0.0303. The highest BCUT2D eigenvalue weighted by atomic mass is 32.1. The van der Waals surface area contributed by atoms with Crippen LogP contribution in [0.4, 0.5) is 0 Å². The monoisotopic (exact) mass is 361 g/mol. The number of ether oxygens (including phenoxy) is 1. The Balaban J connectivity index is 1.93. The van der Waals surface area contributed by atoms with Crippen LogP contribution < -0.4 is 5.56 Å². The number of aromatic nitrogens is 2. The number of nitrogens with zero attached hydrogens (tertiary/aromatic N) is 2. The Morgan fingerprint density at radius 1 is 1.28 bits per heavy atom. The molecule has 0 atom stereocenters. The number of carbonyl (C=O) groups excluding carboxylic acids is 1. The number of H-pyrrole nitrogens is 1. The molecule has 1 aromatic carbocycles. The highest BCUT2D eigenvalue weighted by Crippen LogP contribution is 2.14. The Morgan fingerprint density at radius 3 is 2.76 bits per heavy atom. The largest absolute Gasteiger partial charge is 0.378 e. The first kappa shape index (κ1) is 17.8. The predicted octanol–water partition coefficient (Wildman–Crippen LogP) is 2.72. The molecular formula is C18H23N3O3S. The van der Waals surface area contributed by atoms with E-state index in [1.54, 1.807) is 27.7 Å². The SMILES string of the molecule is CCCCCn1c(=S)[nH]c2cc(C(=O)N3CCOCC3)ccc2c1=O. The van der Waals surface area contributed by atoms with Gasteiger partial charge < -0.3 is 14.6 Å². The van der Waals surface area contributed by atoms with Gasteiger partial charge in [-0.3, -0.25) is 14.2 Å². The van der Waals surface area contributed by atoms with Gasteiger partial charge in [-0.1, -0.05) is 19.8 Å². The topological polar surface area (TPSA) is 67.3 Å². The first-order valence-electron chi connectivity index (χ1n) is 8.75. The van der Waals surface area contributed by atoms with Crippen molar-refractivity contribution in [3.05, 3.63) is 38.9 Å². The van der Waals surface area contributed by atoms with E-state index < -0.39 is 0 Å². The normalized spacial score (nSPS) is 14.8. The molecule has 0 unspecified atom stereocenters. The van der Waals surface area contributed by atoms with E-state index in [0.29, 0.717) is 54.1 Å². The lowest BCUT2D eigenvalue weighted by Gasteiger charge is -2.26. The van der Waals surface area contributed by atoms with Crippen molar-refractivity contribution < 1.29 is 9.53 Å². The summed E-state index contributed by atoms with van der Waals surface area (Å²) in [5.41, 5.74) is 1.07. The summed E-state index contributed by atoms with van der Waals surface area (Å²) in [6, 6.07) is 5.16. The standard InChI is InChI=1S/C18H23N3O3S/c1-2-3-4-7-21-17(23)14-6-5-13(12-15(14)19-18(21)25)16(22)20-8-10-24-11-9-20/h5-6,12H,2-4,7-11H2,1H3,(H,19,25). The van der Waals surface area contributed by atoms with Crippen molar-refractivity contribution in [3.63, 3.8) is 0 Å². The van der Waals surface area contributed by atoms with E-state index in [4.69, 9.17) is 17.0 Å². The average Bonchev–Trinajstić information content (AvgIpc) is 2.64. The zero-order valence-electron chi connectivity index (χ0n) is 14.4. The van der Waals surface area contributed by atoms with Gasteiger partial charge in [-0.15, -0.1) is 0 Å². The Labute approximate surface area is 151 Å². The third-order valence-corrected chi connectivity index (χ3v) is 4.83. The number of hydrogen-bond donors (Lipinski definition) is 1. The minimum atomic E-state index is -0.0970. The third kappa shape index (κ3) is 3.82. The summed E-state index contributed by atoms with van der Waals surface area (Å²) in [6.45, 7) is 5.04. The van der Waals surface area contributed by atoms with Gasteiger partial charge in [-0.25, -0.2) is 0 Å². The third-order valence-electron chi connectivity index (χ3n) is 4.51. The van der Waals surface area contributed by atoms with Gasteiger partial charge in [0.05, 0.1) is 24.1 Å². The maximum Gasteiger partial charge on any atom is 0.262 e. The first-order chi connectivity index (χ1) is 12.1. The fourth-order valence-corrected chi connectivity index (χ4v) is 3.34. The zero-order valence-corrected chi connectivity index (χ0v) is 15.2. The van der Waals surface area contributed by atoms with E-state index in [9.17, 15) is 9.59 Å². The van der Waals surface area contributed by atoms with E-state index in [2.05, 4.69) is 11.9 Å². The van der Waals surface area contributed by atoms with Gasteiger partial charge in [-0.05, 0) is 36.8 Å². The minimum Gasteiger partial charge on any atom is -0.378 e. The molecule has 1 amide bonds. The van der Waals surface area contributed by atoms with Gasteiger partial charge in [0, 0.05) is 25.2 Å². The molecule has 0 saturated carbocycles. The smallest absolute Gasteiger partial charge is 0.262 e. The van der Waals surface area contributed by atoms with Crippen molar-refractivity contribution in [2.45, 2.75) is 32.7 Å². The Morgan fingerprint density at radius 2 is 2.04 bits per heavy atom. The van der Waals surface area contributed by atoms with Crippen LogP contribution in [0.15, 0.2) is 23.0 Å². The molecule has 0 bridgehead atoms. The average molecular weight is 361 g/mol. The molecule has 0 spiro atoms. The molecule has 1 aliphatic rings. The van der Waals surface area contributed by atoms with Crippen molar-refractivity contribution >= 4 is 29.0 Å². The molecule has 1 fully saturated rings. The predicted molar refractivity (Wildman–Crippen MR) is 99.6 cm³/mol. The van der Waals surface area contributed by atoms with Crippen LogP contribution in [0.25, 0.3) is 10.9 Å². The van der Waals surface area contributed by atoms with Crippen LogP contribution in [-0.2, 0) is 11.3 Å². The van der Waals surface area contributed by atoms with Gasteiger partial charge in [0.2, 0.25) is 0 Å². The number of aromatic amines is 1. The zero-order chi connectivity index (χ0) is 17.8. The van der Waals surface area contributed by atoms with Crippen LogP contribution in [-0.4, -0.2) is 46.7 Å². The second-order valence-corrected chi connectivity index (χ2v) is 6.65. The quantitative estimate of drug-likeness (QED) is 0.657. The van der Waals surface area contributed by atoms with Crippen LogP contribution in [0.5, 0.6) is 0 Å². The van der Waals surface area contributed by atoms with E-state index in [1.807, 2.05) is 0 Å². The minimum absolute atomic E-state index is 0.0448. The fourth-order valence-electron chi connectivity index (χ4n) is 3.06. The van der Waals surface area contributed by atoms with E-state index in [0.717, 1.165) is 19.3 Å². The highest BCUT2D eigenvalue weighted by Gasteiger charge is 2.19. The number of benzene rings is 1. The summed E-state index contributed by atoms with van der Waals surface area (Å²) in [4.78, 5) is 30.2. The van der Waals surface area contributed by atoms with Crippen LogP contribution in [0.3, 0.4) is 0 Å². The first-order valence-corrected chi connectivity index (χ1v) is 9.16. The molecule has 134 valence electrons. The number of amides is 1. The number of rotatable bonds is 5. The summed E-state index contributed by atoms with van der Waals surface area (Å²) < 4.78 is 7.30. The van der Waals surface area contributed by atoms with Crippen LogP contribution in [0.1, 0.15) is 36.5 Å². The summed E-state index contributed by atoms with van der Waals surface area (Å²) in [5.74, 6) is -0.0448. The fraction of sp³-hybridized carbons (Fsp3) is 0.500. The maximum absolute atomic E-state index is 12.7. The molecule has 7 heteroatoms. The van der Waals surface area contributed by atoms with E-state index in [1.165, 1.54) is 0 Å². The number of nitrogens with one attached hydrogen (secondary N) is 1. The van der Waals surface area contributed by atoms with Crippen LogP contribution in [0, 0.1) is 4.77 Å². The van der Waals surface area contributed by atoms with Crippen molar-refractivity contribution in [2.24, 2.45) is 0 Å². The molecule has 3 rings (SSSR count). The Kier molecular flexibility index (Phi) is 5.65. The molecule has 1 aromatic heterocycles. The number of morpholine rings is 1. The lowest BCUT2D eigenvalue weighted by Crippen LogP contribution is -2.40. The maximum atomic E-state index is 12.7. The summed E-state index contributed by atoms with van der Waals surface area (Å²) in [7, 11) is 0. The van der Waals surface area contributed by atoms with E-state index >= 15 is 0 Å². The van der Waals surface area contributed by atoms with Gasteiger partial charge in [0.25, 0.3) is 11.5 Å². The molecule has 6 nitrogen and oxygen atoms in total. The van der Waals surface area contributed by atoms with Crippen LogP contribution in [0.2, 0.25) is 0 Å². The van der Waals surface area contributed by atoms with Gasteiger partial charge in [0.1, 0.15) is 0 Å². The number of hydrogen-bond acceptors (Lipinski definition) is 4. The molecule has 1 saturated heterocycles. The molecular weight excluding hydrogens is 338 g/mol. The van der Waals surface area contributed by atoms with Gasteiger partial charge in [0.15, 0.2) is 4.77 Å². The lowest BCUT2D eigenvalue weighted by atomic mass is 10.1. The molecule has 1 aliphatic heterocycles. The number of unbranched alkanes of at least 4 members (excludes halogenated alkanes) is 2. The second-order valence-electron chi connectivity index (χ2n) is 6.26. The molecule has 1 N–H and O–H groups in total. The van der Waals surface area contributed by atoms with Crippen molar-refractivity contribution in [1.29, 1.82) is 0 Å². The van der Waals surface area contributed by atoms with Crippen LogP contribution >= 0.6 is 12.2 Å². The molecule has 2 aromatic rings. The van der Waals surface area contributed by atoms with Crippen molar-refractivity contribution in [3.8, 4) is 0 Å². The molecule has 0 aliphatic carbocycles. The summed E-state index contributed by atoms with van der Waals surface area (Å²) in [5, 5.41) is 0.559. The number of carbonyl (C=O) groups is 1. The number of fused-ring (bicyclic) bond motifs is 1. The second kappa shape index (κ2) is 7.93. The summed E-state index contributed by atoms with van der Waals surface area (Å²) >= 11 is 5.35. The van der Waals surface area contributed by atoms with E-state index in [-0.39, 0.29) is 11.5 Å².